The topological polar surface area (TPSA) is 64.9 Å². The molecule has 0 aliphatic carbocycles. The maximum absolute atomic E-state index is 5.45. The van der Waals surface area contributed by atoms with Crippen LogP contribution in [0.4, 0.5) is 0 Å². The number of tetrazole rings is 1. The van der Waals surface area contributed by atoms with Crippen LogP contribution >= 0.6 is 0 Å². The van der Waals surface area contributed by atoms with E-state index in [0.717, 1.165) is 18.9 Å². The normalized spacial score (nSPS) is 15.5. The van der Waals surface area contributed by atoms with E-state index in [1.165, 1.54) is 21.5 Å². The summed E-state index contributed by atoms with van der Waals surface area (Å²) in [5.74, 6) is 0.749. The Morgan fingerprint density at radius 3 is 2.95 bits per heavy atom. The Bertz CT molecular complexity index is 580. The largest absolute Gasteiger partial charge is 0.372 e. The third-order valence-electron chi connectivity index (χ3n) is 3.43. The Balaban J connectivity index is 1.82. The standard InChI is InChI=1S/C13H17N5O/c1-14-12(6-13-15-17-18(2)16-13)9-3-4-10-7-19-8-11(10)5-9/h3-5,12,14H,6-8H2,1-2H3. The van der Waals surface area contributed by atoms with Gasteiger partial charge in [0.1, 0.15) is 0 Å². The van der Waals surface area contributed by atoms with Crippen LogP contribution < -0.4 is 5.32 Å². The summed E-state index contributed by atoms with van der Waals surface area (Å²) >= 11 is 0. The fraction of sp³-hybridized carbons (Fsp3) is 0.462. The highest BCUT2D eigenvalue weighted by molar-refractivity contribution is 5.34. The predicted molar refractivity (Wildman–Crippen MR) is 69.2 cm³/mol. The maximum atomic E-state index is 5.45. The summed E-state index contributed by atoms with van der Waals surface area (Å²) in [6.45, 7) is 1.44. The molecule has 0 saturated heterocycles. The highest BCUT2D eigenvalue weighted by Crippen LogP contribution is 2.25. The van der Waals surface area contributed by atoms with Crippen molar-refractivity contribution in [3.63, 3.8) is 0 Å². The van der Waals surface area contributed by atoms with Crippen molar-refractivity contribution in [1.82, 2.24) is 25.5 Å². The van der Waals surface area contributed by atoms with Gasteiger partial charge in [0.2, 0.25) is 0 Å². The van der Waals surface area contributed by atoms with Gasteiger partial charge in [0.25, 0.3) is 0 Å². The monoisotopic (exact) mass is 259 g/mol. The molecule has 0 radical (unpaired) electrons. The molecule has 0 saturated carbocycles. The number of nitrogens with one attached hydrogen (secondary N) is 1. The van der Waals surface area contributed by atoms with Crippen molar-refractivity contribution in [2.24, 2.45) is 7.05 Å². The van der Waals surface area contributed by atoms with Crippen molar-refractivity contribution in [1.29, 1.82) is 0 Å². The molecule has 0 bridgehead atoms. The fourth-order valence-corrected chi connectivity index (χ4v) is 2.38. The lowest BCUT2D eigenvalue weighted by Crippen LogP contribution is -2.19. The van der Waals surface area contributed by atoms with Gasteiger partial charge in [-0.05, 0) is 29.0 Å². The first-order valence-electron chi connectivity index (χ1n) is 6.36. The Kier molecular flexibility index (Phi) is 3.27. The summed E-state index contributed by atoms with van der Waals surface area (Å²) in [6, 6.07) is 6.69. The minimum absolute atomic E-state index is 0.190. The second-order valence-corrected chi connectivity index (χ2v) is 4.76. The van der Waals surface area contributed by atoms with E-state index in [1.54, 1.807) is 7.05 Å². The van der Waals surface area contributed by atoms with Crippen molar-refractivity contribution in [3.05, 3.63) is 40.7 Å². The van der Waals surface area contributed by atoms with Gasteiger partial charge in [0, 0.05) is 12.5 Å². The quantitative estimate of drug-likeness (QED) is 0.877. The molecule has 1 aliphatic heterocycles. The number of likely N-dealkylation sites (N-methyl/N-ethyl adjacent to an activating group) is 1. The van der Waals surface area contributed by atoms with E-state index in [-0.39, 0.29) is 6.04 Å². The molecular formula is C13H17N5O. The number of aryl methyl sites for hydroxylation is 1. The number of hydrogen-bond donors (Lipinski definition) is 1. The van der Waals surface area contributed by atoms with Crippen LogP contribution in [-0.4, -0.2) is 27.3 Å². The molecule has 1 aromatic heterocycles. The van der Waals surface area contributed by atoms with Gasteiger partial charge in [0.15, 0.2) is 5.82 Å². The third-order valence-corrected chi connectivity index (χ3v) is 3.43. The van der Waals surface area contributed by atoms with Crippen LogP contribution in [0.25, 0.3) is 0 Å². The van der Waals surface area contributed by atoms with Gasteiger partial charge in [-0.2, -0.15) is 4.80 Å². The second kappa shape index (κ2) is 5.07. The molecule has 1 aliphatic rings. The first-order chi connectivity index (χ1) is 9.26. The van der Waals surface area contributed by atoms with Crippen molar-refractivity contribution < 1.29 is 4.74 Å². The molecule has 2 aromatic rings. The summed E-state index contributed by atoms with van der Waals surface area (Å²) in [5, 5.41) is 15.4. The number of rotatable bonds is 4. The molecule has 0 spiro atoms. The zero-order valence-corrected chi connectivity index (χ0v) is 11.1. The molecular weight excluding hydrogens is 242 g/mol. The van der Waals surface area contributed by atoms with E-state index in [2.05, 4.69) is 38.9 Å². The zero-order chi connectivity index (χ0) is 13.2. The van der Waals surface area contributed by atoms with Crippen molar-refractivity contribution in [3.8, 4) is 0 Å². The minimum Gasteiger partial charge on any atom is -0.372 e. The number of aromatic nitrogens is 4. The Morgan fingerprint density at radius 1 is 1.37 bits per heavy atom. The molecule has 0 amide bonds. The summed E-state index contributed by atoms with van der Waals surface area (Å²) in [7, 11) is 3.72. The number of fused-ring (bicyclic) bond motifs is 1. The van der Waals surface area contributed by atoms with Crippen molar-refractivity contribution in [2.75, 3.05) is 7.05 Å². The maximum Gasteiger partial charge on any atom is 0.176 e. The van der Waals surface area contributed by atoms with E-state index < -0.39 is 0 Å². The molecule has 1 atom stereocenters. The lowest BCUT2D eigenvalue weighted by molar-refractivity contribution is 0.134. The van der Waals surface area contributed by atoms with Gasteiger partial charge >= 0.3 is 0 Å². The summed E-state index contributed by atoms with van der Waals surface area (Å²) in [5.41, 5.74) is 3.81. The molecule has 1 unspecified atom stereocenters. The lowest BCUT2D eigenvalue weighted by Gasteiger charge is -2.15. The van der Waals surface area contributed by atoms with E-state index in [9.17, 15) is 0 Å². The van der Waals surface area contributed by atoms with Gasteiger partial charge < -0.3 is 10.1 Å². The first-order valence-corrected chi connectivity index (χ1v) is 6.36. The molecule has 0 fully saturated rings. The van der Waals surface area contributed by atoms with Crippen molar-refractivity contribution in [2.45, 2.75) is 25.7 Å². The lowest BCUT2D eigenvalue weighted by atomic mass is 9.99. The number of ether oxygens (including phenoxy) is 1. The minimum atomic E-state index is 0.190. The van der Waals surface area contributed by atoms with Crippen LogP contribution in [0.15, 0.2) is 18.2 Å². The van der Waals surface area contributed by atoms with Crippen LogP contribution in [0, 0.1) is 0 Å². The zero-order valence-electron chi connectivity index (χ0n) is 11.1. The molecule has 1 N–H and O–H groups in total. The highest BCUT2D eigenvalue weighted by atomic mass is 16.5. The van der Waals surface area contributed by atoms with E-state index >= 15 is 0 Å². The van der Waals surface area contributed by atoms with Gasteiger partial charge in [-0.15, -0.1) is 10.2 Å². The van der Waals surface area contributed by atoms with E-state index in [1.807, 2.05) is 7.05 Å². The van der Waals surface area contributed by atoms with E-state index in [0.29, 0.717) is 6.61 Å². The molecule has 3 rings (SSSR count). The Morgan fingerprint density at radius 2 is 2.21 bits per heavy atom. The Labute approximate surface area is 111 Å². The SMILES string of the molecule is CNC(Cc1nnn(C)n1)c1ccc2c(c1)COC2. The van der Waals surface area contributed by atoms with Crippen LogP contribution in [0.5, 0.6) is 0 Å². The van der Waals surface area contributed by atoms with Crippen LogP contribution in [0.2, 0.25) is 0 Å². The average Bonchev–Trinajstić information content (AvgIpc) is 3.03. The van der Waals surface area contributed by atoms with E-state index in [4.69, 9.17) is 4.74 Å². The van der Waals surface area contributed by atoms with Crippen LogP contribution in [0.3, 0.4) is 0 Å². The number of nitrogens with zero attached hydrogens (tertiary/aromatic N) is 4. The molecule has 19 heavy (non-hydrogen) atoms. The molecule has 2 heterocycles. The van der Waals surface area contributed by atoms with Gasteiger partial charge in [0.05, 0.1) is 20.3 Å². The predicted octanol–water partition coefficient (Wildman–Crippen LogP) is 0.743. The molecule has 1 aromatic carbocycles. The van der Waals surface area contributed by atoms with Gasteiger partial charge in [-0.1, -0.05) is 18.2 Å². The van der Waals surface area contributed by atoms with Crippen LogP contribution in [-0.2, 0) is 31.4 Å². The van der Waals surface area contributed by atoms with Crippen molar-refractivity contribution >= 4 is 0 Å². The summed E-state index contributed by atoms with van der Waals surface area (Å²) in [4.78, 5) is 1.48. The molecule has 6 heteroatoms. The van der Waals surface area contributed by atoms with Gasteiger partial charge in [-0.25, -0.2) is 0 Å². The molecule has 6 nitrogen and oxygen atoms in total. The summed E-state index contributed by atoms with van der Waals surface area (Å²) in [6.07, 6.45) is 0.726. The smallest absolute Gasteiger partial charge is 0.176 e. The summed E-state index contributed by atoms with van der Waals surface area (Å²) < 4.78 is 5.45. The number of hydrogen-bond acceptors (Lipinski definition) is 5. The second-order valence-electron chi connectivity index (χ2n) is 4.76. The van der Waals surface area contributed by atoms with Gasteiger partial charge in [-0.3, -0.25) is 0 Å². The third kappa shape index (κ3) is 2.50. The van der Waals surface area contributed by atoms with Crippen LogP contribution in [0.1, 0.15) is 28.6 Å². The average molecular weight is 259 g/mol. The molecule has 100 valence electrons. The highest BCUT2D eigenvalue weighted by Gasteiger charge is 2.17. The Hall–Kier alpha value is -1.79. The fourth-order valence-electron chi connectivity index (χ4n) is 2.38. The first kappa shape index (κ1) is 12.3. The number of benzene rings is 1.